The lowest BCUT2D eigenvalue weighted by Crippen LogP contribution is -2.50. The van der Waals surface area contributed by atoms with Gasteiger partial charge in [0, 0.05) is 117 Å². The van der Waals surface area contributed by atoms with Gasteiger partial charge in [0.1, 0.15) is 0 Å². The molecule has 0 aromatic carbocycles. The van der Waals surface area contributed by atoms with Crippen LogP contribution >= 0.6 is 0 Å². The third kappa shape index (κ3) is 46.7. The second kappa shape index (κ2) is 59.3. The van der Waals surface area contributed by atoms with Gasteiger partial charge in [-0.05, 0) is 352 Å². The second-order valence-electron chi connectivity index (χ2n) is 41.0. The van der Waals surface area contributed by atoms with E-state index in [-0.39, 0.29) is 0 Å². The molecule has 4 saturated heterocycles. The summed E-state index contributed by atoms with van der Waals surface area (Å²) in [6.45, 7) is 57.7. The molecule has 7 aliphatic carbocycles. The van der Waals surface area contributed by atoms with Gasteiger partial charge in [0.25, 0.3) is 0 Å². The number of piperidine rings is 2. The lowest BCUT2D eigenvalue weighted by Gasteiger charge is -2.42. The van der Waals surface area contributed by atoms with Crippen LogP contribution in [0.3, 0.4) is 0 Å². The molecule has 14 N–H and O–H groups in total. The van der Waals surface area contributed by atoms with Gasteiger partial charge in [0.2, 0.25) is 0 Å². The van der Waals surface area contributed by atoms with Gasteiger partial charge in [0.05, 0.1) is 65.6 Å². The first-order valence-electron chi connectivity index (χ1n) is 49.8. The van der Waals surface area contributed by atoms with Crippen LogP contribution in [-0.4, -0.2) is 346 Å². The molecule has 0 atom stereocenters. The maximum Gasteiger partial charge on any atom is 0.0774 e. The third-order valence-electron chi connectivity index (χ3n) is 29.9. The third-order valence-corrected chi connectivity index (χ3v) is 29.9. The predicted molar refractivity (Wildman–Crippen MR) is 494 cm³/mol. The Morgan fingerprint density at radius 2 is 0.610 bits per heavy atom. The highest BCUT2D eigenvalue weighted by atomic mass is 16.5. The van der Waals surface area contributed by atoms with E-state index >= 15 is 0 Å². The standard InChI is InChI=1S/C15H30N2O2.2C15H30N2O.C15H32N2O.C14H28N2O2.C14H30N2O.C8H17NO/c1-14-3-5-15(18,6-4-14)13-16-7-2-8-17-9-11-19-12-10-17;1-13-4-8-15(18,9-5-13)12-17(3)14-6-10-16(2)11-7-14;1-14-5-7-15(18,8-6-14)13-16-9-12-17-10-3-2-4-11-17;1-4-17(5-2)12-6-11-16-13-15(18)9-7-14(3)8-10-15;1-13-2-4-14(17,5-3-13)12-15-6-7-16-8-10-18-11-9-16;1-4-16(5-2)11-10-15-12-14(17)8-6-13(3)7-9-14;1-7-2-4-8(10,6-9)5-3-7/h14,16,18H,2-13H2,1H3;13-14,18H,4-12H2,1-3H3;14,16,18H,2-13H2,1H3;14,16,18H,4-13H2,1-3H3;13,15,17H,2-12H2,1H3;13,15,17H,4-12H2,1-3H3;7,10H,2-6,9H2,1H3. The molecule has 22 nitrogen and oxygen atoms in total. The maximum atomic E-state index is 10.7. The molecule has 11 rings (SSSR count). The van der Waals surface area contributed by atoms with Gasteiger partial charge in [-0.1, -0.05) is 82.6 Å². The molecular formula is C96H197N13O9. The molecule has 7 saturated carbocycles. The second-order valence-corrected chi connectivity index (χ2v) is 41.0. The monoisotopic (exact) mass is 1680 g/mol. The van der Waals surface area contributed by atoms with E-state index in [0.29, 0.717) is 12.6 Å². The molecule has 4 aliphatic heterocycles. The summed E-state index contributed by atoms with van der Waals surface area (Å²) in [5.74, 6) is 5.57. The maximum absolute atomic E-state index is 10.7. The van der Waals surface area contributed by atoms with Crippen molar-refractivity contribution in [2.24, 2.45) is 47.2 Å². The first-order valence-corrected chi connectivity index (χ1v) is 49.8. The zero-order valence-electron chi connectivity index (χ0n) is 79.4. The lowest BCUT2D eigenvalue weighted by molar-refractivity contribution is -0.0422. The number of hydrogen-bond acceptors (Lipinski definition) is 22. The fourth-order valence-electron chi connectivity index (χ4n) is 19.5. The SMILES string of the molecule is CC1CCC(O)(CN(C)C2CCN(C)CC2)CC1.CC1CCC(O)(CN)CC1.CC1CCC(O)(CNCCCN2CCOCC2)CC1.CC1CCC(O)(CNCCN2CCCCC2)CC1.CC1CCC(O)(CNCCN2CCOCC2)CC1.CCN(CC)CCCNCC1(O)CCC(C)CC1.CCN(CC)CCNCC1(O)CCC(C)CC1. The van der Waals surface area contributed by atoms with Gasteiger partial charge >= 0.3 is 0 Å². The van der Waals surface area contributed by atoms with E-state index in [1.807, 2.05) is 0 Å². The summed E-state index contributed by atoms with van der Waals surface area (Å²) in [6, 6.07) is 0.671. The van der Waals surface area contributed by atoms with E-state index in [1.165, 1.54) is 142 Å². The number of ether oxygens (including phenoxy) is 2. The minimum atomic E-state index is -0.521. The number of likely N-dealkylation sites (tertiary alicyclic amines) is 2. The van der Waals surface area contributed by atoms with Crippen molar-refractivity contribution in [1.82, 2.24) is 60.9 Å². The largest absolute Gasteiger partial charge is 0.389 e. The quantitative estimate of drug-likeness (QED) is 0.0263. The molecule has 0 spiro atoms. The van der Waals surface area contributed by atoms with Crippen molar-refractivity contribution < 1.29 is 45.2 Å². The number of aliphatic hydroxyl groups is 7. The van der Waals surface area contributed by atoms with Crippen molar-refractivity contribution in [1.29, 1.82) is 0 Å². The van der Waals surface area contributed by atoms with Crippen LogP contribution in [-0.2, 0) is 9.47 Å². The molecule has 0 amide bonds. The summed E-state index contributed by atoms with van der Waals surface area (Å²) in [4.78, 5) is 17.1. The van der Waals surface area contributed by atoms with Crippen LogP contribution in [0.1, 0.15) is 301 Å². The van der Waals surface area contributed by atoms with Crippen LogP contribution < -0.4 is 32.3 Å². The molecule has 0 bridgehead atoms. The molecule has 700 valence electrons. The van der Waals surface area contributed by atoms with Gasteiger partial charge in [-0.3, -0.25) is 9.80 Å². The first-order chi connectivity index (χ1) is 56.4. The fourth-order valence-corrected chi connectivity index (χ4v) is 19.5. The highest BCUT2D eigenvalue weighted by Gasteiger charge is 2.38. The summed E-state index contributed by atoms with van der Waals surface area (Å²) in [5, 5.41) is 89.7. The van der Waals surface area contributed by atoms with E-state index < -0.39 is 39.2 Å². The Balaban J connectivity index is 0.000000247. The Morgan fingerprint density at radius 1 is 0.331 bits per heavy atom. The van der Waals surface area contributed by atoms with E-state index in [9.17, 15) is 35.7 Å². The molecule has 118 heavy (non-hydrogen) atoms. The van der Waals surface area contributed by atoms with Crippen molar-refractivity contribution in [3.8, 4) is 0 Å². The minimum absolute atomic E-state index is 0.412. The highest BCUT2D eigenvalue weighted by molar-refractivity contribution is 4.93. The predicted octanol–water partition coefficient (Wildman–Crippen LogP) is 11.0. The van der Waals surface area contributed by atoms with Crippen LogP contribution in [0.5, 0.6) is 0 Å². The number of morpholine rings is 2. The summed E-state index contributed by atoms with van der Waals surface area (Å²) < 4.78 is 10.7. The zero-order chi connectivity index (χ0) is 86.2. The Kier molecular flexibility index (Phi) is 54.1. The number of hydrogen-bond donors (Lipinski definition) is 13. The Labute approximate surface area is 726 Å². The Morgan fingerprint density at radius 3 is 0.941 bits per heavy atom. The van der Waals surface area contributed by atoms with Crippen molar-refractivity contribution in [3.05, 3.63) is 0 Å². The smallest absolute Gasteiger partial charge is 0.0774 e. The van der Waals surface area contributed by atoms with Gasteiger partial charge in [-0.25, -0.2) is 0 Å². The molecule has 0 aromatic heterocycles. The summed E-state index contributed by atoms with van der Waals surface area (Å²) >= 11 is 0. The number of nitrogens with zero attached hydrogens (tertiary/aromatic N) is 7. The summed E-state index contributed by atoms with van der Waals surface area (Å²) in [7, 11) is 4.40. The van der Waals surface area contributed by atoms with Crippen LogP contribution in [0.4, 0.5) is 0 Å². The molecule has 4 heterocycles. The van der Waals surface area contributed by atoms with Crippen LogP contribution in [0.2, 0.25) is 0 Å². The number of rotatable bonds is 35. The van der Waals surface area contributed by atoms with Gasteiger partial charge in [0.15, 0.2) is 0 Å². The van der Waals surface area contributed by atoms with Crippen molar-refractivity contribution in [2.75, 3.05) is 230 Å². The van der Waals surface area contributed by atoms with E-state index in [2.05, 4.69) is 151 Å². The lowest BCUT2D eigenvalue weighted by atomic mass is 9.79. The molecule has 0 aromatic rings. The minimum Gasteiger partial charge on any atom is -0.389 e. The number of likely N-dealkylation sites (N-methyl/N-ethyl adjacent to an activating group) is 2. The normalized spacial score (nSPS) is 33.7. The molecular weight excluding hydrogens is 1480 g/mol. The van der Waals surface area contributed by atoms with E-state index in [0.717, 1.165) is 334 Å². The zero-order valence-corrected chi connectivity index (χ0v) is 79.4. The van der Waals surface area contributed by atoms with Gasteiger partial charge in [-0.15, -0.1) is 0 Å². The van der Waals surface area contributed by atoms with Crippen LogP contribution in [0.25, 0.3) is 0 Å². The molecule has 0 unspecified atom stereocenters. The van der Waals surface area contributed by atoms with E-state index in [1.54, 1.807) is 0 Å². The Hall–Kier alpha value is -0.880. The molecule has 22 heteroatoms. The molecule has 11 fully saturated rings. The van der Waals surface area contributed by atoms with Crippen LogP contribution in [0.15, 0.2) is 0 Å². The average molecular weight is 1680 g/mol. The van der Waals surface area contributed by atoms with Crippen molar-refractivity contribution in [2.45, 2.75) is 346 Å². The average Bonchev–Trinajstić information content (AvgIpc) is 0.525. The summed E-state index contributed by atoms with van der Waals surface area (Å²) in [5.41, 5.74) is 2.33. The first kappa shape index (κ1) is 108. The van der Waals surface area contributed by atoms with Crippen LogP contribution in [0, 0.1) is 41.4 Å². The van der Waals surface area contributed by atoms with Gasteiger partial charge < -0.3 is 102 Å². The number of nitrogens with two attached hydrogens (primary N) is 1. The van der Waals surface area contributed by atoms with Gasteiger partial charge in [-0.2, -0.15) is 0 Å². The fraction of sp³-hybridized carbons (Fsp3) is 1.00. The highest BCUT2D eigenvalue weighted by Crippen LogP contribution is 2.37. The van der Waals surface area contributed by atoms with E-state index in [4.69, 9.17) is 15.2 Å². The molecule has 11 aliphatic rings. The van der Waals surface area contributed by atoms with Crippen molar-refractivity contribution in [3.63, 3.8) is 0 Å². The topological polar surface area (TPSA) is 269 Å². The molecule has 0 radical (unpaired) electrons. The number of nitrogens with one attached hydrogen (secondary N) is 5. The Bertz CT molecular complexity index is 2330. The summed E-state index contributed by atoms with van der Waals surface area (Å²) in [6.07, 6.45) is 38.8. The van der Waals surface area contributed by atoms with Crippen molar-refractivity contribution >= 4 is 0 Å².